The third kappa shape index (κ3) is 3.50. The van der Waals surface area contributed by atoms with Crippen molar-refractivity contribution in [3.63, 3.8) is 0 Å². The number of fused-ring (bicyclic) bond motifs is 1. The van der Waals surface area contributed by atoms with Crippen LogP contribution in [0.5, 0.6) is 0 Å². The standard InChI is InChI=1S/C20H17FN6OS/c21-16-11-14(4-5-23-16)13-2-1-3-15(10-13)19-25-27-18(26-8-6-22-7-9-26)12-17(28)24-20(27)29-19/h1-5,10-12,22H,6-9H2. The van der Waals surface area contributed by atoms with Crippen molar-refractivity contribution in [1.82, 2.24) is 24.9 Å². The van der Waals surface area contributed by atoms with Crippen molar-refractivity contribution in [2.75, 3.05) is 31.1 Å². The van der Waals surface area contributed by atoms with E-state index in [1.165, 1.54) is 29.7 Å². The zero-order valence-electron chi connectivity index (χ0n) is 15.4. The quantitative estimate of drug-likeness (QED) is 0.525. The van der Waals surface area contributed by atoms with E-state index in [1.807, 2.05) is 24.3 Å². The number of hydrogen-bond acceptors (Lipinski definition) is 7. The summed E-state index contributed by atoms with van der Waals surface area (Å²) in [6.07, 6.45) is 1.45. The highest BCUT2D eigenvalue weighted by Crippen LogP contribution is 2.30. The van der Waals surface area contributed by atoms with Gasteiger partial charge in [0.2, 0.25) is 10.9 Å². The van der Waals surface area contributed by atoms with Gasteiger partial charge in [-0.05, 0) is 23.3 Å². The Balaban J connectivity index is 1.59. The van der Waals surface area contributed by atoms with Crippen LogP contribution >= 0.6 is 11.3 Å². The Morgan fingerprint density at radius 2 is 1.83 bits per heavy atom. The van der Waals surface area contributed by atoms with E-state index >= 15 is 0 Å². The number of nitrogens with one attached hydrogen (secondary N) is 1. The Morgan fingerprint density at radius 1 is 1.03 bits per heavy atom. The number of benzene rings is 1. The number of anilines is 1. The van der Waals surface area contributed by atoms with Crippen LogP contribution in [-0.2, 0) is 0 Å². The molecule has 1 aliphatic rings. The summed E-state index contributed by atoms with van der Waals surface area (Å²) < 4.78 is 15.2. The Morgan fingerprint density at radius 3 is 2.66 bits per heavy atom. The fourth-order valence-corrected chi connectivity index (χ4v) is 4.35. The Hall–Kier alpha value is -3.17. The Labute approximate surface area is 169 Å². The first-order valence-corrected chi connectivity index (χ1v) is 10.1. The number of nitrogens with zero attached hydrogens (tertiary/aromatic N) is 5. The lowest BCUT2D eigenvalue weighted by Gasteiger charge is -2.28. The molecule has 5 rings (SSSR count). The molecule has 29 heavy (non-hydrogen) atoms. The fourth-order valence-electron chi connectivity index (χ4n) is 3.45. The van der Waals surface area contributed by atoms with Crippen LogP contribution in [0.2, 0.25) is 0 Å². The average molecular weight is 408 g/mol. The third-order valence-corrected chi connectivity index (χ3v) is 5.80. The highest BCUT2D eigenvalue weighted by molar-refractivity contribution is 7.19. The van der Waals surface area contributed by atoms with E-state index in [-0.39, 0.29) is 5.56 Å². The largest absolute Gasteiger partial charge is 0.354 e. The van der Waals surface area contributed by atoms with Crippen LogP contribution in [0.25, 0.3) is 26.7 Å². The topological polar surface area (TPSA) is 75.4 Å². The fraction of sp³-hybridized carbons (Fsp3) is 0.200. The monoisotopic (exact) mass is 408 g/mol. The van der Waals surface area contributed by atoms with Crippen molar-refractivity contribution in [3.8, 4) is 21.7 Å². The SMILES string of the molecule is O=c1cc(N2CCNCC2)n2nc(-c3cccc(-c4ccnc(F)c4)c3)sc2n1. The second kappa shape index (κ2) is 7.34. The molecule has 146 valence electrons. The molecule has 1 aliphatic heterocycles. The first kappa shape index (κ1) is 17.9. The third-order valence-electron chi connectivity index (χ3n) is 4.85. The minimum atomic E-state index is -0.517. The van der Waals surface area contributed by atoms with Crippen LogP contribution in [0, 0.1) is 5.95 Å². The van der Waals surface area contributed by atoms with E-state index < -0.39 is 5.95 Å². The van der Waals surface area contributed by atoms with Crippen molar-refractivity contribution >= 4 is 22.1 Å². The van der Waals surface area contributed by atoms with Gasteiger partial charge in [-0.25, -0.2) is 4.98 Å². The maximum absolute atomic E-state index is 13.5. The minimum absolute atomic E-state index is 0.269. The lowest BCUT2D eigenvalue weighted by Crippen LogP contribution is -2.44. The highest BCUT2D eigenvalue weighted by atomic mass is 32.1. The number of hydrogen-bond donors (Lipinski definition) is 1. The predicted molar refractivity (Wildman–Crippen MR) is 111 cm³/mol. The molecule has 9 heteroatoms. The maximum Gasteiger partial charge on any atom is 0.276 e. The average Bonchev–Trinajstić information content (AvgIpc) is 3.18. The van der Waals surface area contributed by atoms with Crippen molar-refractivity contribution in [2.24, 2.45) is 0 Å². The van der Waals surface area contributed by atoms with Crippen LogP contribution in [-0.4, -0.2) is 45.8 Å². The lowest BCUT2D eigenvalue weighted by molar-refractivity contribution is 0.579. The van der Waals surface area contributed by atoms with Crippen LogP contribution in [0.4, 0.5) is 10.2 Å². The molecular weight excluding hydrogens is 391 g/mol. The zero-order valence-corrected chi connectivity index (χ0v) is 16.2. The van der Waals surface area contributed by atoms with Gasteiger partial charge in [0.25, 0.3) is 5.56 Å². The number of pyridine rings is 1. The molecule has 1 N–H and O–H groups in total. The van der Waals surface area contributed by atoms with Gasteiger partial charge in [-0.15, -0.1) is 0 Å². The van der Waals surface area contributed by atoms with Crippen LogP contribution in [0.15, 0.2) is 53.5 Å². The minimum Gasteiger partial charge on any atom is -0.354 e. The van der Waals surface area contributed by atoms with Gasteiger partial charge < -0.3 is 10.2 Å². The molecule has 1 aromatic carbocycles. The second-order valence-electron chi connectivity index (χ2n) is 6.74. The number of aromatic nitrogens is 4. The molecule has 0 atom stereocenters. The Bertz CT molecular complexity index is 1250. The first-order valence-electron chi connectivity index (χ1n) is 9.26. The maximum atomic E-state index is 13.5. The number of halogens is 1. The van der Waals surface area contributed by atoms with Gasteiger partial charge in [0.1, 0.15) is 10.8 Å². The number of piperazine rings is 1. The molecule has 7 nitrogen and oxygen atoms in total. The molecule has 4 aromatic rings. The molecule has 0 aliphatic carbocycles. The summed E-state index contributed by atoms with van der Waals surface area (Å²) >= 11 is 1.36. The molecule has 4 heterocycles. The Kier molecular flexibility index (Phi) is 4.53. The second-order valence-corrected chi connectivity index (χ2v) is 7.70. The smallest absolute Gasteiger partial charge is 0.276 e. The molecule has 1 saturated heterocycles. The van der Waals surface area contributed by atoms with Gasteiger partial charge in [0.05, 0.1) is 0 Å². The summed E-state index contributed by atoms with van der Waals surface area (Å²) in [7, 11) is 0. The molecule has 0 saturated carbocycles. The van der Waals surface area contributed by atoms with Crippen molar-refractivity contribution < 1.29 is 4.39 Å². The van der Waals surface area contributed by atoms with E-state index in [9.17, 15) is 9.18 Å². The molecule has 0 unspecified atom stereocenters. The summed E-state index contributed by atoms with van der Waals surface area (Å²) in [5, 5.41) is 8.79. The van der Waals surface area contributed by atoms with E-state index in [0.29, 0.717) is 4.96 Å². The first-order chi connectivity index (χ1) is 14.2. The van der Waals surface area contributed by atoms with E-state index in [1.54, 1.807) is 10.6 Å². The summed E-state index contributed by atoms with van der Waals surface area (Å²) in [6, 6.07) is 12.4. The highest BCUT2D eigenvalue weighted by Gasteiger charge is 2.18. The molecule has 1 fully saturated rings. The molecule has 3 aromatic heterocycles. The van der Waals surface area contributed by atoms with Gasteiger partial charge in [-0.3, -0.25) is 4.79 Å². The van der Waals surface area contributed by atoms with E-state index in [0.717, 1.165) is 53.7 Å². The van der Waals surface area contributed by atoms with Crippen molar-refractivity contribution in [2.45, 2.75) is 0 Å². The van der Waals surface area contributed by atoms with Crippen molar-refractivity contribution in [1.29, 1.82) is 0 Å². The van der Waals surface area contributed by atoms with Gasteiger partial charge in [0.15, 0.2) is 0 Å². The van der Waals surface area contributed by atoms with Crippen LogP contribution < -0.4 is 15.8 Å². The van der Waals surface area contributed by atoms with Gasteiger partial charge in [0, 0.05) is 50.1 Å². The van der Waals surface area contributed by atoms with E-state index in [2.05, 4.69) is 20.2 Å². The molecule has 0 radical (unpaired) electrons. The molecule has 0 bridgehead atoms. The summed E-state index contributed by atoms with van der Waals surface area (Å²) in [5.41, 5.74) is 2.23. The van der Waals surface area contributed by atoms with Gasteiger partial charge in [-0.2, -0.15) is 19.0 Å². The zero-order chi connectivity index (χ0) is 19.8. The van der Waals surface area contributed by atoms with Gasteiger partial charge >= 0.3 is 0 Å². The summed E-state index contributed by atoms with van der Waals surface area (Å²) in [5.74, 6) is 0.243. The predicted octanol–water partition coefficient (Wildman–Crippen LogP) is 2.43. The molecular formula is C20H17FN6OS. The van der Waals surface area contributed by atoms with E-state index in [4.69, 9.17) is 5.10 Å². The van der Waals surface area contributed by atoms with Gasteiger partial charge in [-0.1, -0.05) is 29.5 Å². The number of rotatable bonds is 3. The summed E-state index contributed by atoms with van der Waals surface area (Å²) in [4.78, 5) is 22.6. The lowest BCUT2D eigenvalue weighted by atomic mass is 10.0. The normalized spacial score (nSPS) is 14.4. The molecule has 0 amide bonds. The van der Waals surface area contributed by atoms with Crippen LogP contribution in [0.1, 0.15) is 0 Å². The molecule has 0 spiro atoms. The summed E-state index contributed by atoms with van der Waals surface area (Å²) in [6.45, 7) is 3.34. The van der Waals surface area contributed by atoms with Crippen LogP contribution in [0.3, 0.4) is 0 Å². The van der Waals surface area contributed by atoms with Crippen molar-refractivity contribution in [3.05, 3.63) is 65.0 Å².